The van der Waals surface area contributed by atoms with Gasteiger partial charge in [-0.3, -0.25) is 0 Å². The van der Waals surface area contributed by atoms with E-state index in [1.54, 1.807) is 0 Å². The Labute approximate surface area is 147 Å². The van der Waals surface area contributed by atoms with Gasteiger partial charge in [0, 0.05) is 22.4 Å². The molecule has 0 aromatic heterocycles. The first-order valence-corrected chi connectivity index (χ1v) is 9.90. The third kappa shape index (κ3) is 17.0. The Hall–Kier alpha value is -1.38. The Balaban J connectivity index is 3.29. The average molecular weight is 337 g/mol. The number of unbranched alkanes of at least 4 members (excludes halogenated alkanes) is 13. The van der Waals surface area contributed by atoms with Gasteiger partial charge in [-0.1, -0.05) is 107 Å². The Bertz CT molecular complexity index is 359. The van der Waals surface area contributed by atoms with Gasteiger partial charge >= 0.3 is 0 Å². The quantitative estimate of drug-likeness (QED) is 0.105. The van der Waals surface area contributed by atoms with Gasteiger partial charge in [-0.25, -0.2) is 0 Å². The third-order valence-corrected chi connectivity index (χ3v) is 4.46. The van der Waals surface area contributed by atoms with Gasteiger partial charge in [-0.15, -0.1) is 0 Å². The van der Waals surface area contributed by atoms with Crippen molar-refractivity contribution in [3.05, 3.63) is 20.9 Å². The van der Waals surface area contributed by atoms with Crippen LogP contribution in [0.25, 0.3) is 20.9 Å². The molecule has 0 heterocycles. The lowest BCUT2D eigenvalue weighted by molar-refractivity contribution is 0.517. The van der Waals surface area contributed by atoms with E-state index in [2.05, 4.69) is 27.0 Å². The minimum Gasteiger partial charge on any atom is -0.0936 e. The second-order valence-corrected chi connectivity index (χ2v) is 6.66. The molecule has 0 rings (SSSR count). The van der Waals surface area contributed by atoms with E-state index in [0.717, 1.165) is 12.8 Å². The number of nitrogens with zero attached hydrogens (tertiary/aromatic N) is 6. The Morgan fingerprint density at radius 2 is 1.12 bits per heavy atom. The molecule has 0 spiro atoms. The minimum atomic E-state index is -0.178. The molecular formula is C18H36N6. The summed E-state index contributed by atoms with van der Waals surface area (Å²) in [6.07, 6.45) is 19.5. The van der Waals surface area contributed by atoms with Crippen LogP contribution in [0.3, 0.4) is 0 Å². The van der Waals surface area contributed by atoms with Crippen molar-refractivity contribution in [1.82, 2.24) is 0 Å². The summed E-state index contributed by atoms with van der Waals surface area (Å²) in [6, 6.07) is -0.178. The molecule has 6 heteroatoms. The van der Waals surface area contributed by atoms with Gasteiger partial charge in [-0.05, 0) is 17.5 Å². The first-order valence-electron chi connectivity index (χ1n) is 9.90. The molecular weight excluding hydrogens is 300 g/mol. The molecule has 1 unspecified atom stereocenters. The van der Waals surface area contributed by atoms with E-state index in [9.17, 15) is 0 Å². The molecule has 0 aliphatic carbocycles. The molecule has 24 heavy (non-hydrogen) atoms. The zero-order valence-corrected chi connectivity index (χ0v) is 15.6. The molecule has 6 nitrogen and oxygen atoms in total. The van der Waals surface area contributed by atoms with Gasteiger partial charge in [-0.2, -0.15) is 0 Å². The smallest absolute Gasteiger partial charge is 0.0429 e. The summed E-state index contributed by atoms with van der Waals surface area (Å²) < 4.78 is 0. The van der Waals surface area contributed by atoms with Crippen LogP contribution >= 0.6 is 0 Å². The van der Waals surface area contributed by atoms with E-state index in [-0.39, 0.29) is 12.6 Å². The van der Waals surface area contributed by atoms with E-state index in [0.29, 0.717) is 0 Å². The van der Waals surface area contributed by atoms with Crippen molar-refractivity contribution >= 4 is 0 Å². The summed E-state index contributed by atoms with van der Waals surface area (Å²) in [5.74, 6) is 0. The first-order chi connectivity index (χ1) is 11.8. The van der Waals surface area contributed by atoms with Crippen molar-refractivity contribution in [2.24, 2.45) is 10.2 Å². The summed E-state index contributed by atoms with van der Waals surface area (Å²) >= 11 is 0. The summed E-state index contributed by atoms with van der Waals surface area (Å²) in [5, 5.41) is 7.17. The first kappa shape index (κ1) is 22.6. The summed E-state index contributed by atoms with van der Waals surface area (Å²) in [6.45, 7) is 2.54. The molecule has 0 aliphatic heterocycles. The molecule has 0 bridgehead atoms. The highest BCUT2D eigenvalue weighted by atomic mass is 15.2. The van der Waals surface area contributed by atoms with Crippen LogP contribution in [0.2, 0.25) is 0 Å². The summed E-state index contributed by atoms with van der Waals surface area (Å²) in [4.78, 5) is 5.53. The number of hydrogen-bond donors (Lipinski definition) is 0. The van der Waals surface area contributed by atoms with Crippen LogP contribution in [-0.2, 0) is 0 Å². The fourth-order valence-electron chi connectivity index (χ4n) is 2.96. The highest BCUT2D eigenvalue weighted by Gasteiger charge is 2.04. The third-order valence-electron chi connectivity index (χ3n) is 4.46. The molecule has 0 aliphatic rings. The number of hydrogen-bond acceptors (Lipinski definition) is 2. The van der Waals surface area contributed by atoms with E-state index in [4.69, 9.17) is 11.1 Å². The van der Waals surface area contributed by atoms with Gasteiger partial charge in [0.2, 0.25) is 0 Å². The van der Waals surface area contributed by atoms with E-state index >= 15 is 0 Å². The van der Waals surface area contributed by atoms with Crippen molar-refractivity contribution in [2.75, 3.05) is 6.54 Å². The predicted molar refractivity (Wildman–Crippen MR) is 102 cm³/mol. The lowest BCUT2D eigenvalue weighted by atomic mass is 10.0. The van der Waals surface area contributed by atoms with Crippen molar-refractivity contribution in [1.29, 1.82) is 0 Å². The predicted octanol–water partition coefficient (Wildman–Crippen LogP) is 7.85. The Morgan fingerprint density at radius 1 is 0.667 bits per heavy atom. The molecule has 0 saturated carbocycles. The van der Waals surface area contributed by atoms with Crippen LogP contribution in [0.5, 0.6) is 0 Å². The zero-order chi connectivity index (χ0) is 17.7. The van der Waals surface area contributed by atoms with Gasteiger partial charge in [0.1, 0.15) is 0 Å². The fraction of sp³-hybridized carbons (Fsp3) is 1.00. The summed E-state index contributed by atoms with van der Waals surface area (Å²) in [5.41, 5.74) is 16.8. The monoisotopic (exact) mass is 336 g/mol. The molecule has 0 N–H and O–H groups in total. The SMILES string of the molecule is CCCCCCCCCCCCCCCCC(CN=[N+]=[N-])N=[N+]=[N-]. The molecule has 1 atom stereocenters. The van der Waals surface area contributed by atoms with E-state index < -0.39 is 0 Å². The highest BCUT2D eigenvalue weighted by molar-refractivity contribution is 4.70. The van der Waals surface area contributed by atoms with Crippen molar-refractivity contribution in [2.45, 2.75) is 109 Å². The van der Waals surface area contributed by atoms with Gasteiger partial charge in [0.05, 0.1) is 0 Å². The fourth-order valence-corrected chi connectivity index (χ4v) is 2.96. The molecule has 0 aromatic rings. The maximum Gasteiger partial charge on any atom is 0.0429 e. The van der Waals surface area contributed by atoms with Crippen molar-refractivity contribution in [3.63, 3.8) is 0 Å². The van der Waals surface area contributed by atoms with Gasteiger partial charge < -0.3 is 0 Å². The maximum atomic E-state index is 8.47. The standard InChI is InChI=1S/C18H36N6/c1-2-3-4-5-6-7-8-9-10-11-12-13-14-15-16-18(22-24-20)17-21-23-19/h18H,2-17H2,1H3. The topological polar surface area (TPSA) is 97.5 Å². The van der Waals surface area contributed by atoms with Crippen LogP contribution in [0, 0.1) is 0 Å². The molecule has 138 valence electrons. The van der Waals surface area contributed by atoms with Gasteiger partial charge in [0.25, 0.3) is 0 Å². The highest BCUT2D eigenvalue weighted by Crippen LogP contribution is 2.14. The van der Waals surface area contributed by atoms with Crippen LogP contribution < -0.4 is 0 Å². The van der Waals surface area contributed by atoms with Crippen LogP contribution in [-0.4, -0.2) is 12.6 Å². The molecule has 0 saturated heterocycles. The van der Waals surface area contributed by atoms with Gasteiger partial charge in [0.15, 0.2) is 0 Å². The summed E-state index contributed by atoms with van der Waals surface area (Å²) in [7, 11) is 0. The van der Waals surface area contributed by atoms with Crippen LogP contribution in [0.1, 0.15) is 103 Å². The average Bonchev–Trinajstić information content (AvgIpc) is 2.59. The maximum absolute atomic E-state index is 8.47. The Kier molecular flexibility index (Phi) is 18.5. The number of rotatable bonds is 18. The van der Waals surface area contributed by atoms with Crippen LogP contribution in [0.4, 0.5) is 0 Å². The van der Waals surface area contributed by atoms with E-state index in [1.165, 1.54) is 83.5 Å². The largest absolute Gasteiger partial charge is 0.0936 e. The second kappa shape index (κ2) is 19.7. The van der Waals surface area contributed by atoms with Crippen molar-refractivity contribution < 1.29 is 0 Å². The molecule has 0 amide bonds. The minimum absolute atomic E-state index is 0.178. The molecule has 0 radical (unpaired) electrons. The normalized spacial score (nSPS) is 11.5. The lowest BCUT2D eigenvalue weighted by Gasteiger charge is -2.07. The number of azide groups is 2. The van der Waals surface area contributed by atoms with E-state index in [1.807, 2.05) is 0 Å². The molecule has 0 fully saturated rings. The van der Waals surface area contributed by atoms with Crippen molar-refractivity contribution in [3.8, 4) is 0 Å². The van der Waals surface area contributed by atoms with Crippen LogP contribution in [0.15, 0.2) is 10.2 Å². The molecule has 0 aromatic carbocycles. The second-order valence-electron chi connectivity index (χ2n) is 6.66. The Morgan fingerprint density at radius 3 is 1.54 bits per heavy atom. The zero-order valence-electron chi connectivity index (χ0n) is 15.6. The lowest BCUT2D eigenvalue weighted by Crippen LogP contribution is -2.07.